The third-order valence-corrected chi connectivity index (χ3v) is 3.84. The van der Waals surface area contributed by atoms with E-state index in [2.05, 4.69) is 40.0 Å². The molecule has 0 fully saturated rings. The van der Waals surface area contributed by atoms with Gasteiger partial charge in [0.15, 0.2) is 0 Å². The first kappa shape index (κ1) is 16.9. The van der Waals surface area contributed by atoms with Gasteiger partial charge in [-0.05, 0) is 54.5 Å². The molecule has 0 saturated carbocycles. The average Bonchev–Trinajstić information content (AvgIpc) is 2.58. The Morgan fingerprint density at radius 3 is 2.71 bits per heavy atom. The topological polar surface area (TPSA) is 40.5 Å². The number of rotatable bonds is 7. The Morgan fingerprint density at radius 1 is 1.47 bits per heavy atom. The molecular formula is C11H17BrClNO2S. The molecule has 0 amide bonds. The smallest absolute Gasteiger partial charge is 0.303 e. The van der Waals surface area contributed by atoms with Gasteiger partial charge in [0.2, 0.25) is 0 Å². The lowest BCUT2D eigenvalue weighted by molar-refractivity contribution is -0.137. The molecule has 0 spiro atoms. The van der Waals surface area contributed by atoms with Gasteiger partial charge in [-0.25, -0.2) is 0 Å². The zero-order valence-electron chi connectivity index (χ0n) is 9.69. The zero-order valence-corrected chi connectivity index (χ0v) is 12.9. The van der Waals surface area contributed by atoms with Crippen molar-refractivity contribution < 1.29 is 9.90 Å². The van der Waals surface area contributed by atoms with E-state index in [9.17, 15) is 4.79 Å². The van der Waals surface area contributed by atoms with Crippen molar-refractivity contribution in [3.63, 3.8) is 0 Å². The van der Waals surface area contributed by atoms with Crippen LogP contribution in [0.1, 0.15) is 24.1 Å². The maximum Gasteiger partial charge on any atom is 0.303 e. The lowest BCUT2D eigenvalue weighted by Gasteiger charge is -2.14. The highest BCUT2D eigenvalue weighted by Gasteiger charge is 2.03. The number of carboxylic acid groups (broad SMARTS) is 1. The van der Waals surface area contributed by atoms with E-state index in [0.717, 1.165) is 29.7 Å². The molecule has 0 aliphatic rings. The molecule has 1 aromatic rings. The van der Waals surface area contributed by atoms with Gasteiger partial charge in [-0.15, -0.1) is 23.7 Å². The molecule has 0 radical (unpaired) electrons. The summed E-state index contributed by atoms with van der Waals surface area (Å²) in [5.74, 6) is -0.704. The minimum atomic E-state index is -0.704. The molecule has 0 aliphatic heterocycles. The van der Waals surface area contributed by atoms with Gasteiger partial charge in [0, 0.05) is 17.8 Å². The van der Waals surface area contributed by atoms with Crippen LogP contribution in [0.3, 0.4) is 0 Å². The second-order valence-electron chi connectivity index (χ2n) is 3.79. The van der Waals surface area contributed by atoms with Crippen molar-refractivity contribution in [1.29, 1.82) is 0 Å². The Bertz CT molecular complexity index is 346. The fraction of sp³-hybridized carbons (Fsp3) is 0.545. The van der Waals surface area contributed by atoms with Crippen LogP contribution in [0.25, 0.3) is 0 Å². The predicted molar refractivity (Wildman–Crippen MR) is 77.1 cm³/mol. The van der Waals surface area contributed by atoms with Crippen molar-refractivity contribution in [3.8, 4) is 0 Å². The molecule has 1 rings (SSSR count). The number of thiophene rings is 1. The van der Waals surface area contributed by atoms with Gasteiger partial charge in [-0.2, -0.15) is 0 Å². The fourth-order valence-electron chi connectivity index (χ4n) is 1.44. The lowest BCUT2D eigenvalue weighted by Crippen LogP contribution is -2.18. The Balaban J connectivity index is 0.00000256. The molecule has 6 heteroatoms. The van der Waals surface area contributed by atoms with Crippen LogP contribution in [-0.4, -0.2) is 29.6 Å². The number of nitrogens with zero attached hydrogens (tertiary/aromatic N) is 1. The van der Waals surface area contributed by atoms with Crippen LogP contribution >= 0.6 is 39.7 Å². The molecule has 0 unspecified atom stereocenters. The summed E-state index contributed by atoms with van der Waals surface area (Å²) in [6, 6.07) is 4.17. The Morgan fingerprint density at radius 2 is 2.18 bits per heavy atom. The van der Waals surface area contributed by atoms with Crippen molar-refractivity contribution in [1.82, 2.24) is 4.90 Å². The molecule has 17 heavy (non-hydrogen) atoms. The molecule has 0 aromatic carbocycles. The number of aliphatic carboxylic acids is 1. The Kier molecular flexibility index (Phi) is 8.86. The predicted octanol–water partition coefficient (Wildman–Crippen LogP) is 3.62. The van der Waals surface area contributed by atoms with Gasteiger partial charge in [-0.3, -0.25) is 4.79 Å². The molecule has 98 valence electrons. The first-order valence-electron chi connectivity index (χ1n) is 5.22. The van der Waals surface area contributed by atoms with E-state index >= 15 is 0 Å². The second-order valence-corrected chi connectivity index (χ2v) is 6.34. The van der Waals surface area contributed by atoms with Crippen LogP contribution in [0, 0.1) is 0 Å². The van der Waals surface area contributed by atoms with Crippen molar-refractivity contribution in [2.45, 2.75) is 25.8 Å². The summed E-state index contributed by atoms with van der Waals surface area (Å²) < 4.78 is 1.15. The highest BCUT2D eigenvalue weighted by Crippen LogP contribution is 2.22. The van der Waals surface area contributed by atoms with Crippen LogP contribution in [0.15, 0.2) is 15.9 Å². The van der Waals surface area contributed by atoms with Crippen LogP contribution in [-0.2, 0) is 11.3 Å². The summed E-state index contributed by atoms with van der Waals surface area (Å²) in [4.78, 5) is 13.9. The molecule has 0 atom stereocenters. The summed E-state index contributed by atoms with van der Waals surface area (Å²) in [5.41, 5.74) is 0. The monoisotopic (exact) mass is 341 g/mol. The van der Waals surface area contributed by atoms with E-state index in [1.54, 1.807) is 11.3 Å². The number of hydrogen-bond acceptors (Lipinski definition) is 3. The molecule has 3 nitrogen and oxygen atoms in total. The zero-order chi connectivity index (χ0) is 12.0. The van der Waals surface area contributed by atoms with Gasteiger partial charge >= 0.3 is 5.97 Å². The Hall–Kier alpha value is -0.100. The summed E-state index contributed by atoms with van der Waals surface area (Å²) in [7, 11) is 2.06. The maximum absolute atomic E-state index is 10.3. The first-order chi connectivity index (χ1) is 7.58. The fourth-order valence-corrected chi connectivity index (χ4v) is 3.00. The molecule has 0 saturated heterocycles. The normalized spacial score (nSPS) is 10.3. The Labute approximate surface area is 120 Å². The van der Waals surface area contributed by atoms with Crippen LogP contribution < -0.4 is 0 Å². The number of hydrogen-bond donors (Lipinski definition) is 1. The van der Waals surface area contributed by atoms with Crippen LogP contribution in [0.4, 0.5) is 0 Å². The first-order valence-corrected chi connectivity index (χ1v) is 6.83. The average molecular weight is 343 g/mol. The minimum absolute atomic E-state index is 0. The molecular weight excluding hydrogens is 326 g/mol. The quantitative estimate of drug-likeness (QED) is 0.769. The maximum atomic E-state index is 10.3. The van der Waals surface area contributed by atoms with Gasteiger partial charge in [0.25, 0.3) is 0 Å². The van der Waals surface area contributed by atoms with Gasteiger partial charge in [0.05, 0.1) is 3.79 Å². The second kappa shape index (κ2) is 8.91. The lowest BCUT2D eigenvalue weighted by atomic mass is 10.2. The largest absolute Gasteiger partial charge is 0.481 e. The highest BCUT2D eigenvalue weighted by molar-refractivity contribution is 9.11. The van der Waals surface area contributed by atoms with E-state index in [1.807, 2.05) is 0 Å². The SMILES string of the molecule is CN(CCCCC(=O)O)Cc1ccc(Br)s1.Cl. The number of carboxylic acids is 1. The molecule has 1 heterocycles. The molecule has 1 aromatic heterocycles. The van der Waals surface area contributed by atoms with Crippen molar-refractivity contribution >= 4 is 45.6 Å². The van der Waals surface area contributed by atoms with E-state index < -0.39 is 5.97 Å². The van der Waals surface area contributed by atoms with Gasteiger partial charge in [-0.1, -0.05) is 0 Å². The van der Waals surface area contributed by atoms with Crippen molar-refractivity contribution in [3.05, 3.63) is 20.8 Å². The highest BCUT2D eigenvalue weighted by atomic mass is 79.9. The van der Waals surface area contributed by atoms with Gasteiger partial charge in [0.1, 0.15) is 0 Å². The number of carbonyl (C=O) groups is 1. The van der Waals surface area contributed by atoms with Crippen molar-refractivity contribution in [2.24, 2.45) is 0 Å². The molecule has 0 bridgehead atoms. The van der Waals surface area contributed by atoms with Gasteiger partial charge < -0.3 is 10.0 Å². The summed E-state index contributed by atoms with van der Waals surface area (Å²) in [6.45, 7) is 1.88. The third-order valence-electron chi connectivity index (χ3n) is 2.24. The molecule has 1 N–H and O–H groups in total. The van der Waals surface area contributed by atoms with E-state index in [1.165, 1.54) is 4.88 Å². The summed E-state index contributed by atoms with van der Waals surface area (Å²) in [6.07, 6.45) is 1.97. The third kappa shape index (κ3) is 7.76. The summed E-state index contributed by atoms with van der Waals surface area (Å²) in [5, 5.41) is 8.50. The van der Waals surface area contributed by atoms with E-state index in [4.69, 9.17) is 5.11 Å². The molecule has 0 aliphatic carbocycles. The van der Waals surface area contributed by atoms with Crippen LogP contribution in [0.5, 0.6) is 0 Å². The number of halogens is 2. The van der Waals surface area contributed by atoms with E-state index in [-0.39, 0.29) is 18.8 Å². The summed E-state index contributed by atoms with van der Waals surface area (Å²) >= 11 is 5.18. The minimum Gasteiger partial charge on any atom is -0.481 e. The van der Waals surface area contributed by atoms with Crippen molar-refractivity contribution in [2.75, 3.05) is 13.6 Å². The van der Waals surface area contributed by atoms with E-state index in [0.29, 0.717) is 0 Å². The number of unbranched alkanes of at least 4 members (excludes halogenated alkanes) is 1. The standard InChI is InChI=1S/C11H16BrNO2S.ClH/c1-13(7-3-2-4-11(14)15)8-9-5-6-10(12)16-9;/h5-6H,2-4,7-8H2,1H3,(H,14,15);1H. The van der Waals surface area contributed by atoms with Crippen LogP contribution in [0.2, 0.25) is 0 Å².